The molecule has 1 saturated heterocycles. The number of hydrogen-bond donors (Lipinski definition) is 1. The van der Waals surface area contributed by atoms with Gasteiger partial charge in [0.25, 0.3) is 0 Å². The van der Waals surface area contributed by atoms with Crippen molar-refractivity contribution in [2.24, 2.45) is 5.92 Å². The first-order valence-electron chi connectivity index (χ1n) is 6.16. The fourth-order valence-corrected chi connectivity index (χ4v) is 2.30. The topological polar surface area (TPSA) is 45.5 Å². The predicted octanol–water partition coefficient (Wildman–Crippen LogP) is 1.63. The zero-order valence-corrected chi connectivity index (χ0v) is 10.5. The summed E-state index contributed by atoms with van der Waals surface area (Å²) in [5.74, 6) is 0.810. The van der Waals surface area contributed by atoms with Crippen LogP contribution in [0.2, 0.25) is 0 Å². The van der Waals surface area contributed by atoms with E-state index in [-0.39, 0.29) is 11.9 Å². The molecule has 0 aromatic carbocycles. The minimum Gasteiger partial charge on any atom is -0.472 e. The number of hydrogen-bond acceptors (Lipinski definition) is 3. The van der Waals surface area contributed by atoms with Crippen molar-refractivity contribution in [3.05, 3.63) is 24.2 Å². The first-order valence-corrected chi connectivity index (χ1v) is 6.16. The molecule has 4 heteroatoms. The fourth-order valence-electron chi connectivity index (χ4n) is 2.30. The molecule has 1 aliphatic heterocycles. The highest BCUT2D eigenvalue weighted by molar-refractivity contribution is 5.81. The summed E-state index contributed by atoms with van der Waals surface area (Å²) in [7, 11) is 1.84. The Balaban J connectivity index is 1.90. The zero-order valence-electron chi connectivity index (χ0n) is 10.5. The maximum Gasteiger partial charge on any atom is 0.239 e. The van der Waals surface area contributed by atoms with Gasteiger partial charge in [0, 0.05) is 19.2 Å². The largest absolute Gasteiger partial charge is 0.472 e. The third-order valence-corrected chi connectivity index (χ3v) is 3.34. The second-order valence-corrected chi connectivity index (χ2v) is 4.96. The van der Waals surface area contributed by atoms with E-state index in [0.29, 0.717) is 12.5 Å². The number of likely N-dealkylation sites (N-methyl/N-ethyl adjacent to an activating group) is 1. The van der Waals surface area contributed by atoms with Crippen molar-refractivity contribution in [2.45, 2.75) is 32.4 Å². The van der Waals surface area contributed by atoms with Gasteiger partial charge >= 0.3 is 0 Å². The van der Waals surface area contributed by atoms with Crippen LogP contribution in [0.4, 0.5) is 0 Å². The molecule has 0 radical (unpaired) electrons. The number of carbonyl (C=O) groups is 1. The average molecular weight is 236 g/mol. The molecule has 1 amide bonds. The van der Waals surface area contributed by atoms with Crippen LogP contribution in [-0.2, 0) is 11.3 Å². The number of nitrogens with zero attached hydrogens (tertiary/aromatic N) is 1. The Morgan fingerprint density at radius 3 is 3.12 bits per heavy atom. The number of amides is 1. The SMILES string of the molecule is CC1CCNC(C(=O)N(C)Cc2ccoc2)C1. The average Bonchev–Trinajstić information content (AvgIpc) is 2.80. The molecule has 2 atom stereocenters. The number of nitrogens with one attached hydrogen (secondary N) is 1. The van der Waals surface area contributed by atoms with E-state index in [9.17, 15) is 4.79 Å². The lowest BCUT2D eigenvalue weighted by Gasteiger charge is -2.30. The Hall–Kier alpha value is -1.29. The lowest BCUT2D eigenvalue weighted by molar-refractivity contribution is -0.133. The maximum atomic E-state index is 12.2. The number of rotatable bonds is 3. The second-order valence-electron chi connectivity index (χ2n) is 4.96. The van der Waals surface area contributed by atoms with Crippen molar-refractivity contribution in [1.29, 1.82) is 0 Å². The summed E-state index contributed by atoms with van der Waals surface area (Å²) in [4.78, 5) is 14.0. The van der Waals surface area contributed by atoms with Crippen molar-refractivity contribution in [1.82, 2.24) is 10.2 Å². The minimum atomic E-state index is -0.0179. The summed E-state index contributed by atoms with van der Waals surface area (Å²) in [6.45, 7) is 3.76. The van der Waals surface area contributed by atoms with Crippen LogP contribution in [0.5, 0.6) is 0 Å². The minimum absolute atomic E-state index is 0.0179. The van der Waals surface area contributed by atoms with Gasteiger partial charge < -0.3 is 14.6 Å². The van der Waals surface area contributed by atoms with Crippen LogP contribution in [0.15, 0.2) is 23.0 Å². The maximum absolute atomic E-state index is 12.2. The van der Waals surface area contributed by atoms with Gasteiger partial charge in [-0.05, 0) is 31.4 Å². The Labute approximate surface area is 102 Å². The van der Waals surface area contributed by atoms with Gasteiger partial charge in [-0.2, -0.15) is 0 Å². The third kappa shape index (κ3) is 3.09. The molecule has 1 aromatic rings. The van der Waals surface area contributed by atoms with Crippen LogP contribution >= 0.6 is 0 Å². The molecule has 0 saturated carbocycles. The van der Waals surface area contributed by atoms with Gasteiger partial charge in [-0.25, -0.2) is 0 Å². The van der Waals surface area contributed by atoms with Gasteiger partial charge in [-0.15, -0.1) is 0 Å². The predicted molar refractivity (Wildman–Crippen MR) is 65.4 cm³/mol. The molecule has 0 spiro atoms. The smallest absolute Gasteiger partial charge is 0.239 e. The normalized spacial score (nSPS) is 24.6. The molecule has 4 nitrogen and oxygen atoms in total. The highest BCUT2D eigenvalue weighted by Gasteiger charge is 2.26. The Bertz CT molecular complexity index is 362. The van der Waals surface area contributed by atoms with Gasteiger partial charge in [0.1, 0.15) is 0 Å². The summed E-state index contributed by atoms with van der Waals surface area (Å²) < 4.78 is 5.00. The monoisotopic (exact) mass is 236 g/mol. The van der Waals surface area contributed by atoms with Crippen molar-refractivity contribution in [3.63, 3.8) is 0 Å². The number of furan rings is 1. The Kier molecular flexibility index (Phi) is 3.84. The Morgan fingerprint density at radius 1 is 1.65 bits per heavy atom. The van der Waals surface area contributed by atoms with Crippen molar-refractivity contribution in [2.75, 3.05) is 13.6 Å². The molecule has 2 heterocycles. The highest BCUT2D eigenvalue weighted by Crippen LogP contribution is 2.17. The molecule has 0 aliphatic carbocycles. The van der Waals surface area contributed by atoms with Crippen molar-refractivity contribution in [3.8, 4) is 0 Å². The van der Waals surface area contributed by atoms with E-state index in [1.165, 1.54) is 0 Å². The van der Waals surface area contributed by atoms with Crippen LogP contribution in [0.25, 0.3) is 0 Å². The first-order chi connectivity index (χ1) is 8.16. The standard InChI is InChI=1S/C13H20N2O2/c1-10-3-5-14-12(7-10)13(16)15(2)8-11-4-6-17-9-11/h4,6,9-10,12,14H,3,5,7-8H2,1-2H3. The fraction of sp³-hybridized carbons (Fsp3) is 0.615. The highest BCUT2D eigenvalue weighted by atomic mass is 16.3. The van der Waals surface area contributed by atoms with E-state index < -0.39 is 0 Å². The molecule has 1 aromatic heterocycles. The first kappa shape index (κ1) is 12.2. The van der Waals surface area contributed by atoms with Gasteiger partial charge in [-0.1, -0.05) is 6.92 Å². The van der Waals surface area contributed by atoms with Crippen LogP contribution in [0, 0.1) is 5.92 Å². The summed E-state index contributed by atoms with van der Waals surface area (Å²) in [6.07, 6.45) is 5.42. The summed E-state index contributed by atoms with van der Waals surface area (Å²) >= 11 is 0. The third-order valence-electron chi connectivity index (χ3n) is 3.34. The molecule has 2 rings (SSSR count). The molecule has 2 unspecified atom stereocenters. The van der Waals surface area contributed by atoms with E-state index in [1.54, 1.807) is 17.4 Å². The lowest BCUT2D eigenvalue weighted by Crippen LogP contribution is -2.48. The molecule has 0 bridgehead atoms. The second kappa shape index (κ2) is 5.36. The molecular weight excluding hydrogens is 216 g/mol. The zero-order chi connectivity index (χ0) is 12.3. The van der Waals surface area contributed by atoms with Gasteiger partial charge in [0.2, 0.25) is 5.91 Å². The van der Waals surface area contributed by atoms with E-state index in [2.05, 4.69) is 12.2 Å². The Morgan fingerprint density at radius 2 is 2.47 bits per heavy atom. The number of carbonyl (C=O) groups excluding carboxylic acids is 1. The van der Waals surface area contributed by atoms with Gasteiger partial charge in [0.15, 0.2) is 0 Å². The molecular formula is C13H20N2O2. The van der Waals surface area contributed by atoms with Crippen LogP contribution in [0.3, 0.4) is 0 Å². The summed E-state index contributed by atoms with van der Waals surface area (Å²) in [5, 5.41) is 3.30. The van der Waals surface area contributed by atoms with E-state index >= 15 is 0 Å². The van der Waals surface area contributed by atoms with E-state index in [1.807, 2.05) is 13.1 Å². The van der Waals surface area contributed by atoms with Crippen molar-refractivity contribution >= 4 is 5.91 Å². The summed E-state index contributed by atoms with van der Waals surface area (Å²) in [6, 6.07) is 1.87. The van der Waals surface area contributed by atoms with E-state index in [4.69, 9.17) is 4.42 Å². The number of piperidine rings is 1. The van der Waals surface area contributed by atoms with Crippen LogP contribution in [0.1, 0.15) is 25.3 Å². The molecule has 94 valence electrons. The van der Waals surface area contributed by atoms with Crippen molar-refractivity contribution < 1.29 is 9.21 Å². The molecule has 17 heavy (non-hydrogen) atoms. The lowest BCUT2D eigenvalue weighted by atomic mass is 9.93. The van der Waals surface area contributed by atoms with Gasteiger partial charge in [0.05, 0.1) is 18.6 Å². The molecule has 1 fully saturated rings. The molecule has 1 N–H and O–H groups in total. The summed E-state index contributed by atoms with van der Waals surface area (Å²) in [5.41, 5.74) is 1.03. The van der Waals surface area contributed by atoms with Crippen LogP contribution in [-0.4, -0.2) is 30.4 Å². The molecule has 1 aliphatic rings. The quantitative estimate of drug-likeness (QED) is 0.867. The van der Waals surface area contributed by atoms with Crippen LogP contribution < -0.4 is 5.32 Å². The van der Waals surface area contributed by atoms with E-state index in [0.717, 1.165) is 24.9 Å². The van der Waals surface area contributed by atoms with Gasteiger partial charge in [-0.3, -0.25) is 4.79 Å².